The largest absolute Gasteiger partial charge is 0.448 e. The summed E-state index contributed by atoms with van der Waals surface area (Å²) < 4.78 is 4.53. The van der Waals surface area contributed by atoms with Gasteiger partial charge in [-0.1, -0.05) is 12.1 Å². The molecular weight excluding hydrogens is 200 g/mol. The second-order valence-electron chi connectivity index (χ2n) is 3.02. The maximum absolute atomic E-state index is 10.2. The Morgan fingerprint density at radius 2 is 2.27 bits per heavy atom. The van der Waals surface area contributed by atoms with Gasteiger partial charge in [-0.25, -0.2) is 4.79 Å². The van der Waals surface area contributed by atoms with Crippen molar-refractivity contribution in [2.75, 3.05) is 13.2 Å². The van der Waals surface area contributed by atoms with Crippen molar-refractivity contribution in [2.45, 2.75) is 25.8 Å². The number of amidine groups is 1. The number of nitrogens with two attached hydrogens (primary N) is 2. The lowest BCUT2D eigenvalue weighted by Gasteiger charge is -2.15. The van der Waals surface area contributed by atoms with Crippen LogP contribution in [0.4, 0.5) is 4.79 Å². The molecular formula is C8H18N4O3. The van der Waals surface area contributed by atoms with Gasteiger partial charge in [0, 0.05) is 19.0 Å². The predicted molar refractivity (Wildman–Crippen MR) is 55.6 cm³/mol. The van der Waals surface area contributed by atoms with Crippen molar-refractivity contribution in [3.05, 3.63) is 0 Å². The summed E-state index contributed by atoms with van der Waals surface area (Å²) in [6.07, 6.45) is 0.484. The standard InChI is InChI=1S/C8H18N4O3/c1-2-6(5-7(9)12-14)11-3-4-15-8(10)13/h6,11,14H,2-5H2,1H3,(H2,9,12)(H2,10,13). The van der Waals surface area contributed by atoms with Crippen LogP contribution in [-0.4, -0.2) is 36.3 Å². The number of carbonyl (C=O) groups is 1. The maximum atomic E-state index is 10.2. The van der Waals surface area contributed by atoms with Gasteiger partial charge >= 0.3 is 6.09 Å². The van der Waals surface area contributed by atoms with Crippen LogP contribution in [0, 0.1) is 0 Å². The van der Waals surface area contributed by atoms with E-state index in [1.54, 1.807) is 0 Å². The van der Waals surface area contributed by atoms with E-state index >= 15 is 0 Å². The first kappa shape index (κ1) is 13.5. The molecule has 0 saturated heterocycles. The first-order chi connectivity index (χ1) is 7.10. The van der Waals surface area contributed by atoms with Crippen LogP contribution < -0.4 is 16.8 Å². The van der Waals surface area contributed by atoms with Gasteiger partial charge in [0.2, 0.25) is 0 Å². The van der Waals surface area contributed by atoms with Crippen LogP contribution in [0.25, 0.3) is 0 Å². The van der Waals surface area contributed by atoms with E-state index in [2.05, 4.69) is 15.2 Å². The number of ether oxygens (including phenoxy) is 1. The fraction of sp³-hybridized carbons (Fsp3) is 0.750. The zero-order valence-electron chi connectivity index (χ0n) is 8.77. The van der Waals surface area contributed by atoms with Crippen molar-refractivity contribution in [1.29, 1.82) is 0 Å². The first-order valence-corrected chi connectivity index (χ1v) is 4.72. The van der Waals surface area contributed by atoms with Crippen LogP contribution in [0.5, 0.6) is 0 Å². The van der Waals surface area contributed by atoms with E-state index in [1.165, 1.54) is 0 Å². The van der Waals surface area contributed by atoms with Gasteiger partial charge in [-0.05, 0) is 6.42 Å². The van der Waals surface area contributed by atoms with Crippen molar-refractivity contribution in [2.24, 2.45) is 16.6 Å². The Balaban J connectivity index is 3.66. The third kappa shape index (κ3) is 7.56. The zero-order valence-corrected chi connectivity index (χ0v) is 8.77. The van der Waals surface area contributed by atoms with Gasteiger partial charge in [0.1, 0.15) is 12.4 Å². The molecule has 0 aliphatic carbocycles. The molecule has 0 rings (SSSR count). The number of nitrogens with zero attached hydrogens (tertiary/aromatic N) is 1. The lowest BCUT2D eigenvalue weighted by molar-refractivity contribution is 0.156. The highest BCUT2D eigenvalue weighted by Gasteiger charge is 2.07. The van der Waals surface area contributed by atoms with E-state index in [0.717, 1.165) is 6.42 Å². The van der Waals surface area contributed by atoms with E-state index in [-0.39, 0.29) is 18.5 Å². The average molecular weight is 218 g/mol. The third-order valence-corrected chi connectivity index (χ3v) is 1.86. The minimum atomic E-state index is -0.790. The summed E-state index contributed by atoms with van der Waals surface area (Å²) in [5.74, 6) is 0.171. The number of hydrogen-bond donors (Lipinski definition) is 4. The molecule has 0 aliphatic rings. The van der Waals surface area contributed by atoms with E-state index < -0.39 is 6.09 Å². The Bertz CT molecular complexity index is 220. The van der Waals surface area contributed by atoms with Crippen molar-refractivity contribution < 1.29 is 14.7 Å². The van der Waals surface area contributed by atoms with Crippen LogP contribution in [-0.2, 0) is 4.74 Å². The summed E-state index contributed by atoms with van der Waals surface area (Å²) in [5.41, 5.74) is 10.1. The summed E-state index contributed by atoms with van der Waals surface area (Å²) in [5, 5.41) is 14.3. The highest BCUT2D eigenvalue weighted by atomic mass is 16.5. The van der Waals surface area contributed by atoms with Crippen LogP contribution in [0.1, 0.15) is 19.8 Å². The monoisotopic (exact) mass is 218 g/mol. The molecule has 0 saturated carbocycles. The van der Waals surface area contributed by atoms with Crippen molar-refractivity contribution in [3.63, 3.8) is 0 Å². The molecule has 1 unspecified atom stereocenters. The molecule has 0 aromatic rings. The highest BCUT2D eigenvalue weighted by molar-refractivity contribution is 5.80. The Labute approximate surface area is 88.4 Å². The van der Waals surface area contributed by atoms with Gasteiger partial charge in [-0.2, -0.15) is 0 Å². The van der Waals surface area contributed by atoms with Crippen molar-refractivity contribution >= 4 is 11.9 Å². The minimum absolute atomic E-state index is 0.0948. The summed E-state index contributed by atoms with van der Waals surface area (Å²) in [6, 6.07) is 0.0948. The molecule has 0 fully saturated rings. The van der Waals surface area contributed by atoms with Crippen LogP contribution >= 0.6 is 0 Å². The Morgan fingerprint density at radius 3 is 2.73 bits per heavy atom. The topological polar surface area (TPSA) is 123 Å². The number of rotatable bonds is 7. The molecule has 6 N–H and O–H groups in total. The second-order valence-corrected chi connectivity index (χ2v) is 3.02. The molecule has 0 bridgehead atoms. The highest BCUT2D eigenvalue weighted by Crippen LogP contribution is 1.96. The SMILES string of the molecule is CCC(CC(N)=NO)NCCOC(N)=O. The number of primary amides is 1. The molecule has 0 aromatic heterocycles. The number of amides is 1. The lowest BCUT2D eigenvalue weighted by atomic mass is 10.1. The molecule has 0 heterocycles. The molecule has 7 nitrogen and oxygen atoms in total. The van der Waals surface area contributed by atoms with Crippen LogP contribution in [0.2, 0.25) is 0 Å². The second kappa shape index (κ2) is 7.86. The maximum Gasteiger partial charge on any atom is 0.404 e. The third-order valence-electron chi connectivity index (χ3n) is 1.86. The summed E-state index contributed by atoms with van der Waals surface area (Å²) >= 11 is 0. The molecule has 0 aromatic carbocycles. The van der Waals surface area contributed by atoms with Crippen LogP contribution in [0.15, 0.2) is 5.16 Å². The van der Waals surface area contributed by atoms with Gasteiger partial charge in [-0.15, -0.1) is 0 Å². The molecule has 0 radical (unpaired) electrons. The van der Waals surface area contributed by atoms with E-state index in [1.807, 2.05) is 6.92 Å². The molecule has 15 heavy (non-hydrogen) atoms. The molecule has 0 spiro atoms. The Hall–Kier alpha value is -1.50. The first-order valence-electron chi connectivity index (χ1n) is 4.72. The van der Waals surface area contributed by atoms with Crippen molar-refractivity contribution in [3.8, 4) is 0 Å². The number of nitrogens with one attached hydrogen (secondary N) is 1. The van der Waals surface area contributed by atoms with Gasteiger partial charge < -0.3 is 26.7 Å². The summed E-state index contributed by atoms with van der Waals surface area (Å²) in [6.45, 7) is 2.67. The van der Waals surface area contributed by atoms with Gasteiger partial charge in [0.25, 0.3) is 0 Å². The van der Waals surface area contributed by atoms with E-state index in [0.29, 0.717) is 13.0 Å². The van der Waals surface area contributed by atoms with E-state index in [4.69, 9.17) is 16.7 Å². The fourth-order valence-corrected chi connectivity index (χ4v) is 1.07. The number of carbonyl (C=O) groups excluding carboxylic acids is 1. The molecule has 88 valence electrons. The predicted octanol–water partition coefficient (Wildman–Crippen LogP) is -0.414. The van der Waals surface area contributed by atoms with Crippen molar-refractivity contribution in [1.82, 2.24) is 5.32 Å². The Kier molecular flexibility index (Phi) is 7.08. The quantitative estimate of drug-likeness (QED) is 0.152. The van der Waals surface area contributed by atoms with E-state index in [9.17, 15) is 4.79 Å². The number of oxime groups is 1. The average Bonchev–Trinajstić information content (AvgIpc) is 2.21. The van der Waals surface area contributed by atoms with Gasteiger partial charge in [0.15, 0.2) is 0 Å². The molecule has 1 amide bonds. The van der Waals surface area contributed by atoms with Gasteiger partial charge in [-0.3, -0.25) is 0 Å². The normalized spacial score (nSPS) is 13.5. The summed E-state index contributed by atoms with van der Waals surface area (Å²) in [4.78, 5) is 10.2. The van der Waals surface area contributed by atoms with Gasteiger partial charge in [0.05, 0.1) is 0 Å². The zero-order chi connectivity index (χ0) is 11.7. The molecule has 7 heteroatoms. The minimum Gasteiger partial charge on any atom is -0.448 e. The Morgan fingerprint density at radius 1 is 1.60 bits per heavy atom. The number of hydrogen-bond acceptors (Lipinski definition) is 5. The lowest BCUT2D eigenvalue weighted by Crippen LogP contribution is -2.35. The molecule has 0 aliphatic heterocycles. The fourth-order valence-electron chi connectivity index (χ4n) is 1.07. The van der Waals surface area contributed by atoms with Crippen LogP contribution in [0.3, 0.4) is 0 Å². The smallest absolute Gasteiger partial charge is 0.404 e. The molecule has 1 atom stereocenters. The summed E-state index contributed by atoms with van der Waals surface area (Å²) in [7, 11) is 0.